The zero-order valence-corrected chi connectivity index (χ0v) is 63.7. The summed E-state index contributed by atoms with van der Waals surface area (Å²) in [5.41, 5.74) is 0. The van der Waals surface area contributed by atoms with Gasteiger partial charge in [-0.3, -0.25) is 14.2 Å². The first-order valence-corrected chi connectivity index (χ1v) is 42.9. The topological polar surface area (TPSA) is 111 Å². The number of ether oxygens (including phenoxy) is 2. The summed E-state index contributed by atoms with van der Waals surface area (Å²) in [5, 5.41) is 0. The molecule has 0 radical (unpaired) electrons. The molecule has 2 atom stereocenters. The zero-order valence-electron chi connectivity index (χ0n) is 62.8. The van der Waals surface area contributed by atoms with Gasteiger partial charge in [0, 0.05) is 12.8 Å². The minimum atomic E-state index is -4.64. The number of carbonyl (C=O) groups is 2. The molecular formula is C82H162NO8P. The molecule has 0 aliphatic carbocycles. The lowest BCUT2D eigenvalue weighted by atomic mass is 10.0. The number of likely N-dealkylation sites (N-methyl/N-ethyl adjacent to an activating group) is 1. The average Bonchev–Trinajstić information content (AvgIpc) is 2.23. The number of hydrogen-bond acceptors (Lipinski definition) is 8. The maximum Gasteiger partial charge on any atom is 0.306 e. The van der Waals surface area contributed by atoms with E-state index in [1.54, 1.807) is 0 Å². The summed E-state index contributed by atoms with van der Waals surface area (Å²) in [7, 11) is 1.20. The van der Waals surface area contributed by atoms with Gasteiger partial charge in [0.15, 0.2) is 6.10 Å². The van der Waals surface area contributed by atoms with Crippen molar-refractivity contribution in [3.63, 3.8) is 0 Å². The molecule has 0 aromatic rings. The summed E-state index contributed by atoms with van der Waals surface area (Å²) >= 11 is 0. The van der Waals surface area contributed by atoms with Gasteiger partial charge in [-0.15, -0.1) is 0 Å². The van der Waals surface area contributed by atoms with Crippen molar-refractivity contribution in [2.45, 2.75) is 457 Å². The van der Waals surface area contributed by atoms with Crippen molar-refractivity contribution in [1.29, 1.82) is 0 Å². The first-order valence-electron chi connectivity index (χ1n) is 41.4. The lowest BCUT2D eigenvalue weighted by Crippen LogP contribution is -2.37. The Kier molecular flexibility index (Phi) is 73.0. The predicted octanol–water partition coefficient (Wildman–Crippen LogP) is 26.8. The zero-order chi connectivity index (χ0) is 66.9. The first kappa shape index (κ1) is 90.8. The van der Waals surface area contributed by atoms with Crippen molar-refractivity contribution in [3.05, 3.63) is 12.2 Å². The van der Waals surface area contributed by atoms with E-state index in [2.05, 4.69) is 26.0 Å². The molecule has 9 nitrogen and oxygen atoms in total. The standard InChI is InChI=1S/C82H162NO8P/c1-6-8-10-12-14-16-18-20-22-24-26-28-30-32-34-36-38-40-41-43-44-46-48-50-52-54-56-58-60-62-64-66-68-70-72-74-81(84)88-78-80(79-90-92(86,87)89-77-76-83(3,4)5)91-82(85)75-73-71-69-67-65-63-61-59-57-55-53-51-49-47-45-42-39-37-35-33-31-29-27-25-23-21-19-17-15-13-11-9-7-2/h25,27,80H,6-24,26,28-79H2,1-5H3/b27-25-. The highest BCUT2D eigenvalue weighted by atomic mass is 31.2. The summed E-state index contributed by atoms with van der Waals surface area (Å²) in [6, 6.07) is 0. The van der Waals surface area contributed by atoms with E-state index in [0.29, 0.717) is 17.4 Å². The molecule has 0 amide bonds. The number of nitrogens with zero attached hydrogens (tertiary/aromatic N) is 1. The van der Waals surface area contributed by atoms with Crippen molar-refractivity contribution in [3.8, 4) is 0 Å². The monoisotopic (exact) mass is 1320 g/mol. The Morgan fingerprint density at radius 2 is 0.554 bits per heavy atom. The van der Waals surface area contributed by atoms with Crippen LogP contribution in [0, 0.1) is 0 Å². The average molecular weight is 1320 g/mol. The number of allylic oxidation sites excluding steroid dienone is 2. The molecule has 0 aromatic carbocycles. The third-order valence-electron chi connectivity index (χ3n) is 19.3. The fourth-order valence-corrected chi connectivity index (χ4v) is 13.7. The Labute approximate surface area is 575 Å². The van der Waals surface area contributed by atoms with Gasteiger partial charge in [0.25, 0.3) is 7.82 Å². The van der Waals surface area contributed by atoms with Gasteiger partial charge >= 0.3 is 11.9 Å². The van der Waals surface area contributed by atoms with Crippen molar-refractivity contribution < 1.29 is 42.1 Å². The lowest BCUT2D eigenvalue weighted by Gasteiger charge is -2.28. The van der Waals surface area contributed by atoms with Crippen LogP contribution < -0.4 is 4.89 Å². The molecule has 0 saturated heterocycles. The van der Waals surface area contributed by atoms with Gasteiger partial charge in [-0.25, -0.2) is 0 Å². The summed E-state index contributed by atoms with van der Waals surface area (Å²) in [6.45, 7) is 4.34. The van der Waals surface area contributed by atoms with Crippen molar-refractivity contribution in [1.82, 2.24) is 0 Å². The molecule has 0 heterocycles. The molecule has 0 aromatic heterocycles. The van der Waals surface area contributed by atoms with Crippen LogP contribution in [0.2, 0.25) is 0 Å². The maximum atomic E-state index is 12.9. The molecule has 0 spiro atoms. The Morgan fingerprint density at radius 3 is 0.804 bits per heavy atom. The molecule has 2 unspecified atom stereocenters. The van der Waals surface area contributed by atoms with Crippen molar-refractivity contribution >= 4 is 19.8 Å². The van der Waals surface area contributed by atoms with Crippen LogP contribution in [0.4, 0.5) is 0 Å². The van der Waals surface area contributed by atoms with Gasteiger partial charge in [0.05, 0.1) is 27.7 Å². The molecule has 0 aliphatic heterocycles. The molecule has 0 aliphatic rings. The molecule has 0 rings (SSSR count). The first-order chi connectivity index (χ1) is 45.0. The Morgan fingerprint density at radius 1 is 0.326 bits per heavy atom. The molecule has 0 bridgehead atoms. The van der Waals surface area contributed by atoms with Crippen LogP contribution in [-0.4, -0.2) is 70.0 Å². The van der Waals surface area contributed by atoms with Crippen molar-refractivity contribution in [2.24, 2.45) is 0 Å². The predicted molar refractivity (Wildman–Crippen MR) is 398 cm³/mol. The normalized spacial score (nSPS) is 13.0. The van der Waals surface area contributed by atoms with Gasteiger partial charge in [0.2, 0.25) is 0 Å². The second-order valence-corrected chi connectivity index (χ2v) is 31.3. The van der Waals surface area contributed by atoms with E-state index in [9.17, 15) is 19.0 Å². The third kappa shape index (κ3) is 77.8. The highest BCUT2D eigenvalue weighted by molar-refractivity contribution is 7.45. The Balaban J connectivity index is 3.87. The van der Waals surface area contributed by atoms with Gasteiger partial charge in [-0.1, -0.05) is 411 Å². The van der Waals surface area contributed by atoms with Crippen LogP contribution in [0.5, 0.6) is 0 Å². The fraction of sp³-hybridized carbons (Fsp3) is 0.951. The Bertz CT molecular complexity index is 1550. The lowest BCUT2D eigenvalue weighted by molar-refractivity contribution is -0.870. The van der Waals surface area contributed by atoms with Crippen LogP contribution in [0.1, 0.15) is 450 Å². The van der Waals surface area contributed by atoms with Crippen molar-refractivity contribution in [2.75, 3.05) is 47.5 Å². The molecule has 0 fully saturated rings. The summed E-state index contributed by atoms with van der Waals surface area (Å²) < 4.78 is 34.4. The number of rotatable bonds is 79. The number of unbranched alkanes of at least 4 members (excludes halogenated alkanes) is 63. The molecule has 92 heavy (non-hydrogen) atoms. The fourth-order valence-electron chi connectivity index (χ4n) is 13.0. The van der Waals surface area contributed by atoms with Gasteiger partial charge in [-0.2, -0.15) is 0 Å². The quantitative estimate of drug-likeness (QED) is 0.0195. The van der Waals surface area contributed by atoms with Gasteiger partial charge in [-0.05, 0) is 38.5 Å². The largest absolute Gasteiger partial charge is 0.756 e. The number of phosphoric ester groups is 1. The van der Waals surface area contributed by atoms with E-state index in [4.69, 9.17) is 18.5 Å². The minimum absolute atomic E-state index is 0.0255. The van der Waals surface area contributed by atoms with Gasteiger partial charge in [0.1, 0.15) is 19.8 Å². The summed E-state index contributed by atoms with van der Waals surface area (Å²) in [5.74, 6) is -0.802. The van der Waals surface area contributed by atoms with E-state index in [0.717, 1.165) is 32.1 Å². The molecule has 0 N–H and O–H groups in total. The number of hydrogen-bond donors (Lipinski definition) is 0. The van der Waals surface area contributed by atoms with E-state index < -0.39 is 26.5 Å². The molecule has 0 saturated carbocycles. The summed E-state index contributed by atoms with van der Waals surface area (Å²) in [6.07, 6.45) is 93.6. The molecule has 10 heteroatoms. The van der Waals surface area contributed by atoms with Crippen LogP contribution in [0.15, 0.2) is 12.2 Å². The number of quaternary nitrogens is 1. The van der Waals surface area contributed by atoms with E-state index in [1.807, 2.05) is 21.1 Å². The van der Waals surface area contributed by atoms with E-state index in [1.165, 1.54) is 385 Å². The summed E-state index contributed by atoms with van der Waals surface area (Å²) in [4.78, 5) is 38.2. The third-order valence-corrected chi connectivity index (χ3v) is 20.2. The van der Waals surface area contributed by atoms with E-state index >= 15 is 0 Å². The number of phosphoric acid groups is 1. The van der Waals surface area contributed by atoms with E-state index in [-0.39, 0.29) is 32.0 Å². The van der Waals surface area contributed by atoms with Crippen LogP contribution in [0.25, 0.3) is 0 Å². The second kappa shape index (κ2) is 74.0. The second-order valence-electron chi connectivity index (χ2n) is 29.9. The number of esters is 2. The van der Waals surface area contributed by atoms with Crippen LogP contribution >= 0.6 is 7.82 Å². The van der Waals surface area contributed by atoms with Gasteiger partial charge < -0.3 is 27.9 Å². The smallest absolute Gasteiger partial charge is 0.306 e. The highest BCUT2D eigenvalue weighted by Crippen LogP contribution is 2.38. The minimum Gasteiger partial charge on any atom is -0.756 e. The molecular weight excluding hydrogens is 1160 g/mol. The van der Waals surface area contributed by atoms with Crippen LogP contribution in [0.3, 0.4) is 0 Å². The van der Waals surface area contributed by atoms with Crippen LogP contribution in [-0.2, 0) is 32.7 Å². The molecule has 548 valence electrons. The number of carbonyl (C=O) groups excluding carboxylic acids is 2. The SMILES string of the molecule is CCCCCCCCCC/C=C\CCCCCCCCCCCCCCCCCCCCCCCC(=O)OC(COC(=O)CCCCCCCCCCCCCCCCCCCCCCCCCCCCCCCCCCCCC)COP(=O)([O-])OCC[N+](C)(C)C. The maximum absolute atomic E-state index is 12.9. The highest BCUT2D eigenvalue weighted by Gasteiger charge is 2.22. The Hall–Kier alpha value is -1.25.